The molecule has 1 amide bonds. The summed E-state index contributed by atoms with van der Waals surface area (Å²) in [4.78, 5) is 12.4. The maximum Gasteiger partial charge on any atom is 0.347 e. The second-order valence-electron chi connectivity index (χ2n) is 4.96. The van der Waals surface area contributed by atoms with Crippen molar-refractivity contribution in [3.63, 3.8) is 0 Å². The van der Waals surface area contributed by atoms with E-state index in [4.69, 9.17) is 11.6 Å². The Morgan fingerprint density at radius 1 is 1.24 bits per heavy atom. The Balaban J connectivity index is 1.97. The molecule has 1 aromatic heterocycles. The second kappa shape index (κ2) is 5.22. The highest BCUT2D eigenvalue weighted by atomic mass is 35.5. The van der Waals surface area contributed by atoms with Gasteiger partial charge < -0.3 is 5.32 Å². The summed E-state index contributed by atoms with van der Waals surface area (Å²) in [7, 11) is 0. The van der Waals surface area contributed by atoms with Crippen molar-refractivity contribution in [1.29, 1.82) is 0 Å². The zero-order valence-electron chi connectivity index (χ0n) is 11.7. The first-order chi connectivity index (χ1) is 10.1. The molecule has 21 heavy (non-hydrogen) atoms. The van der Waals surface area contributed by atoms with Gasteiger partial charge in [-0.25, -0.2) is 4.79 Å². The number of amides is 1. The molecule has 1 heterocycles. The molecular weight excluding hydrogens is 286 g/mol. The highest BCUT2D eigenvalue weighted by molar-refractivity contribution is 6.31. The summed E-state index contributed by atoms with van der Waals surface area (Å²) >= 11 is 6.06. The zero-order chi connectivity index (χ0) is 15.0. The highest BCUT2D eigenvalue weighted by Gasteiger charge is 2.12. The molecule has 106 valence electrons. The molecule has 0 aliphatic heterocycles. The van der Waals surface area contributed by atoms with Crippen molar-refractivity contribution in [3.05, 3.63) is 58.7 Å². The van der Waals surface area contributed by atoms with E-state index in [1.54, 1.807) is 18.3 Å². The molecule has 0 fully saturated rings. The lowest BCUT2D eigenvalue weighted by atomic mass is 10.2. The summed E-state index contributed by atoms with van der Waals surface area (Å²) in [6, 6.07) is 11.0. The van der Waals surface area contributed by atoms with Crippen LogP contribution in [0, 0.1) is 13.8 Å². The molecule has 2 aromatic carbocycles. The molecule has 3 rings (SSSR count). The van der Waals surface area contributed by atoms with Gasteiger partial charge >= 0.3 is 6.03 Å². The number of rotatable bonds is 1. The van der Waals surface area contributed by atoms with E-state index in [0.717, 1.165) is 22.0 Å². The lowest BCUT2D eigenvalue weighted by Crippen LogP contribution is -2.21. The molecule has 0 aliphatic carbocycles. The van der Waals surface area contributed by atoms with Crippen LogP contribution in [0.15, 0.2) is 42.6 Å². The molecule has 3 aromatic rings. The Labute approximate surface area is 127 Å². The number of aromatic nitrogens is 2. The highest BCUT2D eigenvalue weighted by Crippen LogP contribution is 2.23. The van der Waals surface area contributed by atoms with E-state index in [1.165, 1.54) is 4.68 Å². The van der Waals surface area contributed by atoms with Gasteiger partial charge in [0.05, 0.1) is 11.7 Å². The van der Waals surface area contributed by atoms with Crippen molar-refractivity contribution in [2.24, 2.45) is 0 Å². The Kier molecular flexibility index (Phi) is 3.39. The molecule has 0 saturated heterocycles. The van der Waals surface area contributed by atoms with Crippen molar-refractivity contribution >= 4 is 34.2 Å². The first-order valence-corrected chi connectivity index (χ1v) is 6.95. The van der Waals surface area contributed by atoms with Gasteiger partial charge in [0.15, 0.2) is 0 Å². The quantitative estimate of drug-likeness (QED) is 0.724. The summed E-state index contributed by atoms with van der Waals surface area (Å²) in [5.74, 6) is 0. The predicted molar refractivity (Wildman–Crippen MR) is 85.1 cm³/mol. The van der Waals surface area contributed by atoms with E-state index in [2.05, 4.69) is 10.4 Å². The van der Waals surface area contributed by atoms with Gasteiger partial charge in [-0.15, -0.1) is 0 Å². The summed E-state index contributed by atoms with van der Waals surface area (Å²) in [5, 5.41) is 8.55. The summed E-state index contributed by atoms with van der Waals surface area (Å²) < 4.78 is 1.36. The van der Waals surface area contributed by atoms with Gasteiger partial charge in [0, 0.05) is 16.1 Å². The minimum absolute atomic E-state index is 0.305. The monoisotopic (exact) mass is 299 g/mol. The van der Waals surface area contributed by atoms with Gasteiger partial charge in [0.2, 0.25) is 0 Å². The number of hydrogen-bond acceptors (Lipinski definition) is 2. The van der Waals surface area contributed by atoms with Gasteiger partial charge in [0.25, 0.3) is 0 Å². The van der Waals surface area contributed by atoms with Crippen molar-refractivity contribution in [2.75, 3.05) is 5.32 Å². The number of nitrogens with one attached hydrogen (secondary N) is 1. The maximum atomic E-state index is 12.4. The number of carbonyl (C=O) groups is 1. The molecule has 0 aliphatic rings. The predicted octanol–water partition coefficient (Wildman–Crippen LogP) is 4.39. The lowest BCUT2D eigenvalue weighted by Gasteiger charge is -2.09. The summed E-state index contributed by atoms with van der Waals surface area (Å²) in [5.41, 5.74) is 3.38. The van der Waals surface area contributed by atoms with Crippen molar-refractivity contribution < 1.29 is 4.79 Å². The molecule has 0 radical (unpaired) electrons. The van der Waals surface area contributed by atoms with Crippen LogP contribution in [0.1, 0.15) is 11.1 Å². The topological polar surface area (TPSA) is 46.9 Å². The fourth-order valence-corrected chi connectivity index (χ4v) is 2.38. The van der Waals surface area contributed by atoms with Crippen molar-refractivity contribution in [2.45, 2.75) is 13.8 Å². The minimum atomic E-state index is -0.305. The number of benzene rings is 2. The molecule has 5 heteroatoms. The number of halogens is 1. The number of anilines is 1. The fraction of sp³-hybridized carbons (Fsp3) is 0.125. The van der Waals surface area contributed by atoms with E-state index in [9.17, 15) is 4.79 Å². The SMILES string of the molecule is Cc1ccc2cnn(C(=O)Nc3cccc(Cl)c3C)c2c1. The number of aryl methyl sites for hydroxylation is 1. The molecule has 0 unspecified atom stereocenters. The van der Waals surface area contributed by atoms with E-state index in [1.807, 2.05) is 38.1 Å². The average Bonchev–Trinajstić information content (AvgIpc) is 2.87. The number of fused-ring (bicyclic) bond motifs is 1. The average molecular weight is 300 g/mol. The Morgan fingerprint density at radius 2 is 2.05 bits per heavy atom. The van der Waals surface area contributed by atoms with Gasteiger partial charge in [-0.3, -0.25) is 0 Å². The molecule has 4 nitrogen and oxygen atoms in total. The van der Waals surface area contributed by atoms with Crippen LogP contribution in [-0.2, 0) is 0 Å². The standard InChI is InChI=1S/C16H14ClN3O/c1-10-6-7-12-9-18-20(15(12)8-10)16(21)19-14-5-3-4-13(17)11(14)2/h3-9H,1-2H3,(H,19,21). The second-order valence-corrected chi connectivity index (χ2v) is 5.37. The third kappa shape index (κ3) is 2.50. The number of carbonyl (C=O) groups excluding carboxylic acids is 1. The van der Waals surface area contributed by atoms with Crippen LogP contribution in [0.4, 0.5) is 10.5 Å². The molecule has 0 spiro atoms. The van der Waals surface area contributed by atoms with Crippen LogP contribution in [0.25, 0.3) is 10.9 Å². The molecule has 0 bridgehead atoms. The Bertz CT molecular complexity index is 839. The maximum absolute atomic E-state index is 12.4. The molecule has 1 N–H and O–H groups in total. The van der Waals surface area contributed by atoms with Gasteiger partial charge in [-0.2, -0.15) is 9.78 Å². The molecule has 0 atom stereocenters. The normalized spacial score (nSPS) is 10.8. The van der Waals surface area contributed by atoms with Gasteiger partial charge in [0.1, 0.15) is 0 Å². The summed E-state index contributed by atoms with van der Waals surface area (Å²) in [6.07, 6.45) is 1.68. The van der Waals surface area contributed by atoms with Crippen molar-refractivity contribution in [1.82, 2.24) is 9.78 Å². The first-order valence-electron chi connectivity index (χ1n) is 6.57. The largest absolute Gasteiger partial charge is 0.347 e. The van der Waals surface area contributed by atoms with Crippen LogP contribution in [0.2, 0.25) is 5.02 Å². The smallest absolute Gasteiger partial charge is 0.306 e. The van der Waals surface area contributed by atoms with Crippen LogP contribution in [0.3, 0.4) is 0 Å². The third-order valence-electron chi connectivity index (χ3n) is 3.43. The Morgan fingerprint density at radius 3 is 2.86 bits per heavy atom. The molecular formula is C16H14ClN3O. The first kappa shape index (κ1) is 13.6. The van der Waals surface area contributed by atoms with Crippen LogP contribution in [0.5, 0.6) is 0 Å². The molecule has 0 saturated carbocycles. The lowest BCUT2D eigenvalue weighted by molar-refractivity contribution is 0.252. The van der Waals surface area contributed by atoms with E-state index in [-0.39, 0.29) is 6.03 Å². The van der Waals surface area contributed by atoms with Crippen LogP contribution >= 0.6 is 11.6 Å². The number of nitrogens with zero attached hydrogens (tertiary/aromatic N) is 2. The van der Waals surface area contributed by atoms with Crippen LogP contribution in [-0.4, -0.2) is 15.8 Å². The fourth-order valence-electron chi connectivity index (χ4n) is 2.20. The number of hydrogen-bond donors (Lipinski definition) is 1. The van der Waals surface area contributed by atoms with Gasteiger partial charge in [-0.05, 0) is 43.2 Å². The van der Waals surface area contributed by atoms with Crippen LogP contribution < -0.4 is 5.32 Å². The van der Waals surface area contributed by atoms with Gasteiger partial charge in [-0.1, -0.05) is 29.8 Å². The Hall–Kier alpha value is -2.33. The van der Waals surface area contributed by atoms with E-state index < -0.39 is 0 Å². The van der Waals surface area contributed by atoms with E-state index in [0.29, 0.717) is 10.7 Å². The zero-order valence-corrected chi connectivity index (χ0v) is 12.5. The summed E-state index contributed by atoms with van der Waals surface area (Å²) in [6.45, 7) is 3.85. The van der Waals surface area contributed by atoms with Crippen molar-refractivity contribution in [3.8, 4) is 0 Å². The van der Waals surface area contributed by atoms with E-state index >= 15 is 0 Å². The minimum Gasteiger partial charge on any atom is -0.306 e. The third-order valence-corrected chi connectivity index (χ3v) is 3.84.